The number of piperidine rings is 1. The lowest BCUT2D eigenvalue weighted by Gasteiger charge is -2.35. The van der Waals surface area contributed by atoms with Gasteiger partial charge in [0.15, 0.2) is 0 Å². The fourth-order valence-corrected chi connectivity index (χ4v) is 5.12. The highest BCUT2D eigenvalue weighted by Gasteiger charge is 2.27. The van der Waals surface area contributed by atoms with Crippen LogP contribution >= 0.6 is 11.8 Å². The van der Waals surface area contributed by atoms with Gasteiger partial charge in [0.1, 0.15) is 5.75 Å². The number of hydrogen-bond donors (Lipinski definition) is 2. The average molecular weight is 416 g/mol. The molecular formula is C22H29N3O3S. The molecule has 6 nitrogen and oxygen atoms in total. The van der Waals surface area contributed by atoms with Gasteiger partial charge in [-0.2, -0.15) is 0 Å². The number of nitrogens with two attached hydrogens (primary N) is 1. The first kappa shape index (κ1) is 20.3. The number of ether oxygens (including phenoxy) is 1. The van der Waals surface area contributed by atoms with Gasteiger partial charge in [0.25, 0.3) is 11.1 Å². The second-order valence-electron chi connectivity index (χ2n) is 8.21. The van der Waals surface area contributed by atoms with E-state index < -0.39 is 0 Å². The van der Waals surface area contributed by atoms with Crippen LogP contribution in [0.25, 0.3) is 6.08 Å². The molecule has 2 saturated heterocycles. The molecule has 1 aromatic rings. The molecule has 0 radical (unpaired) electrons. The summed E-state index contributed by atoms with van der Waals surface area (Å²) in [5.41, 5.74) is 8.13. The standard InChI is InChI=1S/C22H29N3O3S/c23-17-9-5-11-25(13-17)20-16(12-19-21(26)24-22(27)29-19)8-4-10-18(20)28-14-15-6-2-1-3-7-15/h4,8,10,12,15,17H,1-3,5-7,9,11,13-14,23H2,(H,24,26,27)/t17-/m1/s1. The zero-order valence-corrected chi connectivity index (χ0v) is 17.5. The molecule has 0 spiro atoms. The number of imide groups is 1. The van der Waals surface area contributed by atoms with Crippen LogP contribution < -0.4 is 20.7 Å². The van der Waals surface area contributed by atoms with Crippen LogP contribution in [0, 0.1) is 5.92 Å². The smallest absolute Gasteiger partial charge is 0.290 e. The monoisotopic (exact) mass is 415 g/mol. The lowest BCUT2D eigenvalue weighted by Crippen LogP contribution is -2.43. The Labute approximate surface area is 176 Å². The van der Waals surface area contributed by atoms with Crippen molar-refractivity contribution in [1.29, 1.82) is 0 Å². The van der Waals surface area contributed by atoms with E-state index in [1.165, 1.54) is 32.1 Å². The van der Waals surface area contributed by atoms with Crippen LogP contribution in [-0.4, -0.2) is 36.9 Å². The van der Waals surface area contributed by atoms with Gasteiger partial charge in [0.2, 0.25) is 0 Å². The lowest BCUT2D eigenvalue weighted by atomic mass is 9.90. The van der Waals surface area contributed by atoms with E-state index in [0.29, 0.717) is 10.8 Å². The fraction of sp³-hybridized carbons (Fsp3) is 0.545. The molecule has 2 amide bonds. The highest BCUT2D eigenvalue weighted by Crippen LogP contribution is 2.38. The van der Waals surface area contributed by atoms with Crippen LogP contribution in [-0.2, 0) is 4.79 Å². The van der Waals surface area contributed by atoms with Gasteiger partial charge >= 0.3 is 0 Å². The molecule has 2 heterocycles. The summed E-state index contributed by atoms with van der Waals surface area (Å²) in [6.07, 6.45) is 10.2. The molecule has 1 aliphatic carbocycles. The predicted molar refractivity (Wildman–Crippen MR) is 117 cm³/mol. The summed E-state index contributed by atoms with van der Waals surface area (Å²) < 4.78 is 6.33. The minimum Gasteiger partial charge on any atom is -0.491 e. The van der Waals surface area contributed by atoms with Crippen LogP contribution in [0.15, 0.2) is 23.1 Å². The van der Waals surface area contributed by atoms with E-state index in [1.807, 2.05) is 18.2 Å². The molecule has 1 aromatic carbocycles. The molecule has 2 aliphatic heterocycles. The Bertz CT molecular complexity index is 804. The molecule has 29 heavy (non-hydrogen) atoms. The van der Waals surface area contributed by atoms with Crippen molar-refractivity contribution in [1.82, 2.24) is 5.32 Å². The molecule has 0 bridgehead atoms. The first-order valence-corrected chi connectivity index (χ1v) is 11.4. The predicted octanol–water partition coefficient (Wildman–Crippen LogP) is 3.90. The Kier molecular flexibility index (Phi) is 6.45. The van der Waals surface area contributed by atoms with Crippen molar-refractivity contribution in [3.8, 4) is 5.75 Å². The van der Waals surface area contributed by atoms with Crippen molar-refractivity contribution < 1.29 is 14.3 Å². The topological polar surface area (TPSA) is 84.7 Å². The number of carbonyl (C=O) groups is 2. The van der Waals surface area contributed by atoms with Gasteiger partial charge in [-0.05, 0) is 55.5 Å². The SMILES string of the molecule is N[C@@H]1CCCN(c2c(C=C3SC(=O)NC3=O)cccc2OCC2CCCCC2)C1. The summed E-state index contributed by atoms with van der Waals surface area (Å²) in [7, 11) is 0. The van der Waals surface area contributed by atoms with E-state index in [9.17, 15) is 9.59 Å². The molecule has 3 aliphatic rings. The van der Waals surface area contributed by atoms with E-state index in [4.69, 9.17) is 10.5 Å². The Morgan fingerprint density at radius 2 is 2.00 bits per heavy atom. The van der Waals surface area contributed by atoms with Crippen molar-refractivity contribution in [2.75, 3.05) is 24.6 Å². The number of thioether (sulfide) groups is 1. The minimum atomic E-state index is -0.338. The van der Waals surface area contributed by atoms with Gasteiger partial charge in [-0.25, -0.2) is 0 Å². The molecule has 7 heteroatoms. The number of benzene rings is 1. The third kappa shape index (κ3) is 4.95. The summed E-state index contributed by atoms with van der Waals surface area (Å²) >= 11 is 0.944. The molecular weight excluding hydrogens is 386 g/mol. The van der Waals surface area contributed by atoms with Gasteiger partial charge in [0, 0.05) is 24.7 Å². The van der Waals surface area contributed by atoms with Crippen LogP contribution in [0.4, 0.5) is 10.5 Å². The Morgan fingerprint density at radius 3 is 2.72 bits per heavy atom. The maximum absolute atomic E-state index is 12.1. The second kappa shape index (κ2) is 9.22. The van der Waals surface area contributed by atoms with Crippen molar-refractivity contribution in [2.45, 2.75) is 51.0 Å². The third-order valence-corrected chi connectivity index (χ3v) is 6.74. The summed E-state index contributed by atoms with van der Waals surface area (Å²) in [5.74, 6) is 1.11. The van der Waals surface area contributed by atoms with E-state index in [2.05, 4.69) is 10.2 Å². The summed E-state index contributed by atoms with van der Waals surface area (Å²) in [4.78, 5) is 26.3. The number of para-hydroxylation sites is 1. The van der Waals surface area contributed by atoms with Crippen LogP contribution in [0.2, 0.25) is 0 Å². The lowest BCUT2D eigenvalue weighted by molar-refractivity contribution is -0.115. The normalized spacial score (nSPS) is 24.8. The first-order chi connectivity index (χ1) is 14.1. The van der Waals surface area contributed by atoms with Gasteiger partial charge in [-0.15, -0.1) is 0 Å². The maximum atomic E-state index is 12.1. The number of nitrogens with one attached hydrogen (secondary N) is 1. The van der Waals surface area contributed by atoms with Crippen molar-refractivity contribution in [2.24, 2.45) is 11.7 Å². The zero-order valence-electron chi connectivity index (χ0n) is 16.7. The Hall–Kier alpha value is -1.99. The van der Waals surface area contributed by atoms with Gasteiger partial charge in [-0.3, -0.25) is 14.9 Å². The molecule has 4 rings (SSSR count). The summed E-state index contributed by atoms with van der Waals surface area (Å²) in [6, 6.07) is 6.07. The molecule has 0 aromatic heterocycles. The summed E-state index contributed by atoms with van der Waals surface area (Å²) in [6.45, 7) is 2.39. The quantitative estimate of drug-likeness (QED) is 0.710. The van der Waals surface area contributed by atoms with Gasteiger partial charge in [0.05, 0.1) is 17.2 Å². The molecule has 0 unspecified atom stereocenters. The van der Waals surface area contributed by atoms with Gasteiger partial charge in [-0.1, -0.05) is 31.4 Å². The van der Waals surface area contributed by atoms with Crippen molar-refractivity contribution in [3.63, 3.8) is 0 Å². The van der Waals surface area contributed by atoms with Crippen molar-refractivity contribution >= 4 is 34.7 Å². The number of rotatable bonds is 5. The number of anilines is 1. The number of hydrogen-bond acceptors (Lipinski definition) is 6. The van der Waals surface area contributed by atoms with Crippen LogP contribution in [0.1, 0.15) is 50.5 Å². The third-order valence-electron chi connectivity index (χ3n) is 5.93. The number of nitrogens with zero attached hydrogens (tertiary/aromatic N) is 1. The highest BCUT2D eigenvalue weighted by atomic mass is 32.2. The molecule has 3 N–H and O–H groups in total. The second-order valence-corrected chi connectivity index (χ2v) is 9.22. The molecule has 1 atom stereocenters. The average Bonchev–Trinajstić information content (AvgIpc) is 3.04. The van der Waals surface area contributed by atoms with Crippen LogP contribution in [0.5, 0.6) is 5.75 Å². The highest BCUT2D eigenvalue weighted by molar-refractivity contribution is 8.18. The first-order valence-electron chi connectivity index (χ1n) is 10.6. The van der Waals surface area contributed by atoms with Crippen LogP contribution in [0.3, 0.4) is 0 Å². The van der Waals surface area contributed by atoms with E-state index in [1.54, 1.807) is 6.08 Å². The Morgan fingerprint density at radius 1 is 1.17 bits per heavy atom. The fourth-order valence-electron chi connectivity index (χ4n) is 4.45. The zero-order chi connectivity index (χ0) is 20.2. The van der Waals surface area contributed by atoms with E-state index >= 15 is 0 Å². The number of amides is 2. The molecule has 156 valence electrons. The van der Waals surface area contributed by atoms with E-state index in [-0.39, 0.29) is 17.2 Å². The Balaban J connectivity index is 1.63. The summed E-state index contributed by atoms with van der Waals surface area (Å²) in [5, 5.41) is 2.00. The minimum absolute atomic E-state index is 0.126. The van der Waals surface area contributed by atoms with Gasteiger partial charge < -0.3 is 15.4 Å². The maximum Gasteiger partial charge on any atom is 0.290 e. The van der Waals surface area contributed by atoms with E-state index in [0.717, 1.165) is 61.3 Å². The largest absolute Gasteiger partial charge is 0.491 e. The molecule has 3 fully saturated rings. The number of carbonyl (C=O) groups excluding carboxylic acids is 2. The van der Waals surface area contributed by atoms with Crippen molar-refractivity contribution in [3.05, 3.63) is 28.7 Å². The molecule has 1 saturated carbocycles.